The lowest BCUT2D eigenvalue weighted by molar-refractivity contribution is -0.123. The van der Waals surface area contributed by atoms with Gasteiger partial charge in [-0.1, -0.05) is 17.7 Å². The molecule has 1 saturated heterocycles. The van der Waals surface area contributed by atoms with Crippen LogP contribution < -0.4 is 4.90 Å². The molecular formula is C22H23FN2O2S. The number of fused-ring (bicyclic) bond motifs is 2. The molecule has 28 heavy (non-hydrogen) atoms. The van der Waals surface area contributed by atoms with Crippen LogP contribution in [0.1, 0.15) is 42.3 Å². The lowest BCUT2D eigenvalue weighted by Gasteiger charge is -2.33. The fraction of sp³-hybridized carbons (Fsp3) is 0.364. The van der Waals surface area contributed by atoms with Crippen LogP contribution in [0, 0.1) is 12.7 Å². The van der Waals surface area contributed by atoms with Crippen molar-refractivity contribution in [2.75, 3.05) is 18.0 Å². The summed E-state index contributed by atoms with van der Waals surface area (Å²) in [6, 6.07) is 11.8. The number of likely N-dealkylation sites (N-methyl/N-ethyl adjacent to an activating group) is 1. The van der Waals surface area contributed by atoms with Gasteiger partial charge in [0.15, 0.2) is 4.87 Å². The summed E-state index contributed by atoms with van der Waals surface area (Å²) >= 11 is 1.44. The number of thioether (sulfide) groups is 1. The molecule has 146 valence electrons. The highest BCUT2D eigenvalue weighted by Crippen LogP contribution is 2.59. The van der Waals surface area contributed by atoms with Gasteiger partial charge in [0.05, 0.1) is 5.69 Å². The van der Waals surface area contributed by atoms with Gasteiger partial charge in [0.1, 0.15) is 5.82 Å². The van der Waals surface area contributed by atoms with Crippen molar-refractivity contribution < 1.29 is 14.0 Å². The number of hydrogen-bond acceptors (Lipinski definition) is 3. The molecular weight excluding hydrogens is 375 g/mol. The van der Waals surface area contributed by atoms with Gasteiger partial charge in [-0.25, -0.2) is 4.39 Å². The van der Waals surface area contributed by atoms with Crippen molar-refractivity contribution in [2.45, 2.75) is 37.3 Å². The Balaban J connectivity index is 1.90. The van der Waals surface area contributed by atoms with Crippen LogP contribution in [0.15, 0.2) is 42.5 Å². The van der Waals surface area contributed by atoms with Crippen molar-refractivity contribution in [3.8, 4) is 0 Å². The van der Waals surface area contributed by atoms with E-state index < -0.39 is 10.7 Å². The number of aryl methyl sites for hydroxylation is 1. The van der Waals surface area contributed by atoms with Crippen LogP contribution >= 0.6 is 11.8 Å². The fourth-order valence-corrected chi connectivity index (χ4v) is 5.86. The molecule has 0 saturated carbocycles. The molecule has 2 aliphatic heterocycles. The van der Waals surface area contributed by atoms with Gasteiger partial charge in [-0.3, -0.25) is 9.59 Å². The molecule has 0 aliphatic carbocycles. The summed E-state index contributed by atoms with van der Waals surface area (Å²) in [6.07, 6.45) is 0. The lowest BCUT2D eigenvalue weighted by Crippen LogP contribution is -2.50. The summed E-state index contributed by atoms with van der Waals surface area (Å²) in [6.45, 7) is 8.76. The van der Waals surface area contributed by atoms with Gasteiger partial charge in [-0.05, 0) is 58.0 Å². The Morgan fingerprint density at radius 2 is 1.86 bits per heavy atom. The number of benzene rings is 2. The quantitative estimate of drug-likeness (QED) is 0.756. The van der Waals surface area contributed by atoms with E-state index in [0.717, 1.165) is 5.56 Å². The second-order valence-electron chi connectivity index (χ2n) is 7.97. The third-order valence-electron chi connectivity index (χ3n) is 5.35. The Hall–Kier alpha value is -2.34. The second-order valence-corrected chi connectivity index (χ2v) is 9.87. The normalized spacial score (nSPS) is 22.8. The summed E-state index contributed by atoms with van der Waals surface area (Å²) < 4.78 is 13.9. The standard InChI is InChI=1S/C22H23FN2O2S/c1-5-24-18-11-10-16(23)12-17(18)22(20(24)27)25(13-21(3,4)28-22)19(26)15-8-6-14(2)7-9-15/h6-12H,5,13H2,1-4H3/t22-/m0/s1. The van der Waals surface area contributed by atoms with Gasteiger partial charge in [0.25, 0.3) is 11.8 Å². The SMILES string of the molecule is CCN1C(=O)[C@@]2(SC(C)(C)CN2C(=O)c2ccc(C)cc2)c2cc(F)ccc21. The molecule has 2 aliphatic rings. The summed E-state index contributed by atoms with van der Waals surface area (Å²) in [5, 5.41) is 0. The first-order valence-electron chi connectivity index (χ1n) is 9.40. The number of carbonyl (C=O) groups excluding carboxylic acids is 2. The number of rotatable bonds is 2. The average Bonchev–Trinajstić information content (AvgIpc) is 3.07. The maximum absolute atomic E-state index is 14.2. The number of hydrogen-bond donors (Lipinski definition) is 0. The molecule has 0 radical (unpaired) electrons. The van der Waals surface area contributed by atoms with Gasteiger partial charge < -0.3 is 9.80 Å². The van der Waals surface area contributed by atoms with Crippen LogP contribution in [0.4, 0.5) is 10.1 Å². The molecule has 2 heterocycles. The predicted octanol–water partition coefficient (Wildman–Crippen LogP) is 4.32. The van der Waals surface area contributed by atoms with E-state index >= 15 is 0 Å². The van der Waals surface area contributed by atoms with E-state index in [-0.39, 0.29) is 16.6 Å². The minimum Gasteiger partial charge on any atom is -0.310 e. The molecule has 4 nitrogen and oxygen atoms in total. The van der Waals surface area contributed by atoms with Crippen LogP contribution in [0.3, 0.4) is 0 Å². The van der Waals surface area contributed by atoms with Crippen LogP contribution in [-0.4, -0.2) is 34.6 Å². The third-order valence-corrected chi connectivity index (χ3v) is 6.94. The minimum atomic E-state index is -1.24. The monoisotopic (exact) mass is 398 g/mol. The lowest BCUT2D eigenvalue weighted by atomic mass is 10.0. The van der Waals surface area contributed by atoms with Crippen LogP contribution in [-0.2, 0) is 9.67 Å². The van der Waals surface area contributed by atoms with Crippen molar-refractivity contribution >= 4 is 29.3 Å². The van der Waals surface area contributed by atoms with E-state index in [4.69, 9.17) is 0 Å². The molecule has 2 aromatic rings. The van der Waals surface area contributed by atoms with E-state index in [9.17, 15) is 14.0 Å². The van der Waals surface area contributed by atoms with E-state index in [1.807, 2.05) is 39.8 Å². The summed E-state index contributed by atoms with van der Waals surface area (Å²) in [7, 11) is 0. The number of halogens is 1. The smallest absolute Gasteiger partial charge is 0.268 e. The first-order valence-corrected chi connectivity index (χ1v) is 10.2. The molecule has 1 fully saturated rings. The van der Waals surface area contributed by atoms with Gasteiger partial charge in [-0.15, -0.1) is 11.8 Å². The molecule has 0 bridgehead atoms. The van der Waals surface area contributed by atoms with E-state index in [0.29, 0.717) is 29.9 Å². The Kier molecular flexibility index (Phi) is 4.30. The zero-order chi connectivity index (χ0) is 20.3. The molecule has 0 N–H and O–H groups in total. The predicted molar refractivity (Wildman–Crippen MR) is 110 cm³/mol. The maximum Gasteiger partial charge on any atom is 0.268 e. The fourth-order valence-electron chi connectivity index (χ4n) is 4.14. The maximum atomic E-state index is 14.2. The zero-order valence-corrected chi connectivity index (χ0v) is 17.3. The van der Waals surface area contributed by atoms with Crippen LogP contribution in [0.5, 0.6) is 0 Å². The highest BCUT2D eigenvalue weighted by molar-refractivity contribution is 8.02. The summed E-state index contributed by atoms with van der Waals surface area (Å²) in [5.41, 5.74) is 2.84. The Morgan fingerprint density at radius 1 is 1.18 bits per heavy atom. The van der Waals surface area contributed by atoms with Crippen molar-refractivity contribution in [3.05, 3.63) is 65.0 Å². The molecule has 6 heteroatoms. The van der Waals surface area contributed by atoms with Gasteiger partial charge >= 0.3 is 0 Å². The highest BCUT2D eigenvalue weighted by atomic mass is 32.2. The minimum absolute atomic E-state index is 0.174. The summed E-state index contributed by atoms with van der Waals surface area (Å²) in [4.78, 5) is 29.1. The largest absolute Gasteiger partial charge is 0.310 e. The number of nitrogens with zero attached hydrogens (tertiary/aromatic N) is 2. The van der Waals surface area contributed by atoms with E-state index in [2.05, 4.69) is 0 Å². The molecule has 2 amide bonds. The van der Waals surface area contributed by atoms with Gasteiger partial charge in [0.2, 0.25) is 0 Å². The highest BCUT2D eigenvalue weighted by Gasteiger charge is 2.63. The molecule has 0 aromatic heterocycles. The molecule has 4 rings (SSSR count). The van der Waals surface area contributed by atoms with Gasteiger partial charge in [0, 0.05) is 29.0 Å². The number of anilines is 1. The van der Waals surface area contributed by atoms with Crippen molar-refractivity contribution in [2.24, 2.45) is 0 Å². The van der Waals surface area contributed by atoms with E-state index in [1.54, 1.807) is 28.0 Å². The third kappa shape index (κ3) is 2.65. The summed E-state index contributed by atoms with van der Waals surface area (Å²) in [5.74, 6) is -0.789. The number of carbonyl (C=O) groups is 2. The topological polar surface area (TPSA) is 40.6 Å². The second kappa shape index (κ2) is 6.34. The average molecular weight is 399 g/mol. The molecule has 2 aromatic carbocycles. The Labute approximate surface area is 168 Å². The van der Waals surface area contributed by atoms with E-state index in [1.165, 1.54) is 23.9 Å². The van der Waals surface area contributed by atoms with Crippen LogP contribution in [0.25, 0.3) is 0 Å². The first kappa shape index (κ1) is 19.0. The van der Waals surface area contributed by atoms with Gasteiger partial charge in [-0.2, -0.15) is 0 Å². The molecule has 1 atom stereocenters. The zero-order valence-electron chi connectivity index (χ0n) is 16.5. The van der Waals surface area contributed by atoms with Crippen LogP contribution in [0.2, 0.25) is 0 Å². The Bertz CT molecular complexity index is 973. The van der Waals surface area contributed by atoms with Crippen molar-refractivity contribution in [3.63, 3.8) is 0 Å². The number of amides is 2. The van der Waals surface area contributed by atoms with Crippen molar-refractivity contribution in [1.29, 1.82) is 0 Å². The first-order chi connectivity index (χ1) is 13.2. The molecule has 1 spiro atoms. The van der Waals surface area contributed by atoms with Crippen molar-refractivity contribution in [1.82, 2.24) is 4.90 Å². The Morgan fingerprint density at radius 3 is 2.50 bits per heavy atom. The molecule has 0 unspecified atom stereocenters.